The van der Waals surface area contributed by atoms with Gasteiger partial charge in [-0.15, -0.1) is 0 Å². The van der Waals surface area contributed by atoms with E-state index in [0.717, 1.165) is 26.3 Å². The average molecular weight is 173 g/mol. The fourth-order valence-electron chi connectivity index (χ4n) is 2.48. The van der Waals surface area contributed by atoms with Gasteiger partial charge >= 0.3 is 0 Å². The lowest BCUT2D eigenvalue weighted by Crippen LogP contribution is -2.69. The highest BCUT2D eigenvalue weighted by Gasteiger charge is 2.44. The Balaban J connectivity index is 1.94. The van der Waals surface area contributed by atoms with E-state index in [-0.39, 0.29) is 12.6 Å². The predicted molar refractivity (Wildman–Crippen MR) is 43.4 cm³/mol. The van der Waals surface area contributed by atoms with Gasteiger partial charge in [0.15, 0.2) is 0 Å². The van der Waals surface area contributed by atoms with Gasteiger partial charge in [-0.05, 0) is 7.92 Å². The van der Waals surface area contributed by atoms with Gasteiger partial charge in [-0.2, -0.15) is 0 Å². The van der Waals surface area contributed by atoms with Crippen LogP contribution in [0.2, 0.25) is 0 Å². The fraction of sp³-hybridized carbons (Fsp3) is 1.00. The van der Waals surface area contributed by atoms with Crippen molar-refractivity contribution >= 4 is 7.92 Å². The van der Waals surface area contributed by atoms with Crippen LogP contribution in [0.3, 0.4) is 0 Å². The van der Waals surface area contributed by atoms with Gasteiger partial charge in [-0.1, -0.05) is 0 Å². The summed E-state index contributed by atoms with van der Waals surface area (Å²) < 4.78 is 0.0612. The molecule has 0 aliphatic carbocycles. The van der Waals surface area contributed by atoms with E-state index in [1.54, 1.807) is 0 Å². The van der Waals surface area contributed by atoms with Crippen molar-refractivity contribution in [2.24, 2.45) is 0 Å². The van der Waals surface area contributed by atoms with Gasteiger partial charge in [-0.3, -0.25) is 0 Å². The van der Waals surface area contributed by atoms with Crippen molar-refractivity contribution in [2.45, 2.75) is 0 Å². The molecule has 2 atom stereocenters. The number of hydrogen-bond donors (Lipinski definition) is 0. The molecule has 5 heteroatoms. The van der Waals surface area contributed by atoms with Gasteiger partial charge in [0.1, 0.15) is 19.6 Å². The lowest BCUT2D eigenvalue weighted by molar-refractivity contribution is -0.903. The fourth-order valence-corrected chi connectivity index (χ4v) is 5.14. The third-order valence-corrected chi connectivity index (χ3v) is 5.09. The Labute approximate surface area is 67.3 Å². The molecule has 0 N–H and O–H groups in total. The molecule has 4 fully saturated rings. The van der Waals surface area contributed by atoms with Crippen LogP contribution in [0.25, 0.3) is 0 Å². The molecule has 0 radical (unpaired) electrons. The van der Waals surface area contributed by atoms with E-state index < -0.39 is 0 Å². The average Bonchev–Trinajstić information content (AvgIpc) is 1.79. The van der Waals surface area contributed by atoms with Crippen molar-refractivity contribution in [3.05, 3.63) is 5.21 Å². The summed E-state index contributed by atoms with van der Waals surface area (Å²) in [6, 6.07) is 0. The summed E-state index contributed by atoms with van der Waals surface area (Å²) in [5.74, 6) is 0. The highest BCUT2D eigenvalue weighted by Crippen LogP contribution is 2.50. The Hall–Kier alpha value is 0.270. The van der Waals surface area contributed by atoms with Crippen LogP contribution in [-0.2, 0) is 0 Å². The molecule has 62 valence electrons. The minimum Gasteiger partial charge on any atom is -0.631 e. The maximum absolute atomic E-state index is 11.9. The molecule has 0 aromatic heterocycles. The molecule has 0 aromatic carbocycles. The van der Waals surface area contributed by atoms with Crippen LogP contribution >= 0.6 is 7.92 Å². The summed E-state index contributed by atoms with van der Waals surface area (Å²) in [5.41, 5.74) is 0. The smallest absolute Gasteiger partial charge is 0.137 e. The van der Waals surface area contributed by atoms with E-state index in [2.05, 4.69) is 9.80 Å². The van der Waals surface area contributed by atoms with Crippen LogP contribution in [0.4, 0.5) is 0 Å². The summed E-state index contributed by atoms with van der Waals surface area (Å²) in [6.07, 6.45) is 3.39. The summed E-state index contributed by atoms with van der Waals surface area (Å²) in [6.45, 7) is 2.58. The zero-order valence-corrected chi connectivity index (χ0v) is 7.33. The molecular formula is C6H12N3OP. The minimum atomic E-state index is 0.0513. The normalized spacial score (nSPS) is 60.3. The van der Waals surface area contributed by atoms with Crippen molar-refractivity contribution in [2.75, 3.05) is 38.9 Å². The Kier molecular flexibility index (Phi) is 1.20. The molecular weight excluding hydrogens is 161 g/mol. The Morgan fingerprint density at radius 2 is 1.82 bits per heavy atom. The zero-order valence-electron chi connectivity index (χ0n) is 6.44. The zero-order chi connectivity index (χ0) is 7.47. The van der Waals surface area contributed by atoms with Crippen molar-refractivity contribution in [1.82, 2.24) is 9.80 Å². The van der Waals surface area contributed by atoms with Crippen LogP contribution in [-0.4, -0.2) is 53.3 Å². The number of quaternary nitrogens is 1. The second-order valence-corrected chi connectivity index (χ2v) is 6.11. The van der Waals surface area contributed by atoms with Crippen molar-refractivity contribution < 1.29 is 4.65 Å². The molecule has 4 saturated heterocycles. The molecule has 4 aliphatic heterocycles. The van der Waals surface area contributed by atoms with Crippen LogP contribution in [0.15, 0.2) is 0 Å². The minimum absolute atomic E-state index is 0.0513. The first-order valence-corrected chi connectivity index (χ1v) is 5.87. The summed E-state index contributed by atoms with van der Waals surface area (Å²) in [5, 5.41) is 11.9. The van der Waals surface area contributed by atoms with E-state index >= 15 is 0 Å². The second-order valence-electron chi connectivity index (χ2n) is 3.92. The van der Waals surface area contributed by atoms with Gasteiger partial charge in [0.25, 0.3) is 0 Å². The van der Waals surface area contributed by atoms with Crippen molar-refractivity contribution in [3.8, 4) is 0 Å². The SMILES string of the molecule is [O-][N+]12CN3CN(CP(C3)C1)C2. The van der Waals surface area contributed by atoms with Crippen LogP contribution in [0, 0.1) is 5.21 Å². The highest BCUT2D eigenvalue weighted by atomic mass is 31.1. The van der Waals surface area contributed by atoms with Gasteiger partial charge in [-0.25, -0.2) is 9.80 Å². The second kappa shape index (κ2) is 1.95. The number of rotatable bonds is 0. The predicted octanol–water partition coefficient (Wildman–Crippen LogP) is 0.173. The number of hydrogen-bond acceptors (Lipinski definition) is 3. The molecule has 4 nitrogen and oxygen atoms in total. The van der Waals surface area contributed by atoms with E-state index in [4.69, 9.17) is 0 Å². The van der Waals surface area contributed by atoms with Gasteiger partial charge in [0.05, 0.1) is 6.67 Å². The first-order chi connectivity index (χ1) is 5.23. The Bertz CT molecular complexity index is 163. The Morgan fingerprint density at radius 1 is 1.18 bits per heavy atom. The first-order valence-electron chi connectivity index (χ1n) is 3.98. The maximum Gasteiger partial charge on any atom is 0.137 e. The van der Waals surface area contributed by atoms with E-state index in [9.17, 15) is 5.21 Å². The third-order valence-electron chi connectivity index (χ3n) is 2.57. The molecule has 4 heterocycles. The summed E-state index contributed by atoms with van der Waals surface area (Å²) >= 11 is 0. The standard InChI is InChI=1S/C6H12N3OP/c10-9-2-7-1-8(3-9)5-11(4-7)6-9/h1-6H2. The lowest BCUT2D eigenvalue weighted by Gasteiger charge is -2.62. The van der Waals surface area contributed by atoms with E-state index in [1.165, 1.54) is 12.6 Å². The largest absolute Gasteiger partial charge is 0.631 e. The number of nitrogens with zero attached hydrogens (tertiary/aromatic N) is 3. The van der Waals surface area contributed by atoms with Gasteiger partial charge in [0, 0.05) is 12.6 Å². The third kappa shape index (κ3) is 0.945. The summed E-state index contributed by atoms with van der Waals surface area (Å²) in [4.78, 5) is 4.63. The van der Waals surface area contributed by atoms with Crippen molar-refractivity contribution in [1.29, 1.82) is 0 Å². The lowest BCUT2D eigenvalue weighted by atomic mass is 10.5. The number of hydroxylamine groups is 3. The van der Waals surface area contributed by atoms with Crippen LogP contribution in [0.1, 0.15) is 0 Å². The van der Waals surface area contributed by atoms with Crippen molar-refractivity contribution in [3.63, 3.8) is 0 Å². The monoisotopic (exact) mass is 173 g/mol. The maximum atomic E-state index is 11.9. The van der Waals surface area contributed by atoms with Gasteiger partial charge < -0.3 is 9.85 Å². The molecule has 11 heavy (non-hydrogen) atoms. The first kappa shape index (κ1) is 6.75. The van der Waals surface area contributed by atoms with Crippen LogP contribution < -0.4 is 0 Å². The van der Waals surface area contributed by atoms with E-state index in [0.29, 0.717) is 0 Å². The van der Waals surface area contributed by atoms with E-state index in [1.807, 2.05) is 0 Å². The molecule has 0 aromatic rings. The molecule has 4 rings (SSSR count). The molecule has 4 aliphatic rings. The molecule has 0 spiro atoms. The summed E-state index contributed by atoms with van der Waals surface area (Å²) in [7, 11) is 0.0513. The molecule has 4 bridgehead atoms. The molecule has 0 amide bonds. The topological polar surface area (TPSA) is 29.5 Å². The highest BCUT2D eigenvalue weighted by molar-refractivity contribution is 7.57. The van der Waals surface area contributed by atoms with Crippen LogP contribution in [0.5, 0.6) is 0 Å². The molecule has 0 saturated carbocycles. The Morgan fingerprint density at radius 3 is 2.27 bits per heavy atom. The quantitative estimate of drug-likeness (QED) is 0.297. The molecule has 2 unspecified atom stereocenters. The van der Waals surface area contributed by atoms with Gasteiger partial charge in [0.2, 0.25) is 0 Å².